The first-order valence-electron chi connectivity index (χ1n) is 5.93. The molecule has 0 spiro atoms. The molecule has 2 aromatic rings. The van der Waals surface area contributed by atoms with Gasteiger partial charge in [-0.25, -0.2) is 4.79 Å². The maximum absolute atomic E-state index is 11.9. The number of aryl methyl sites for hydroxylation is 1. The molecular weight excluding hydrogens is 264 g/mol. The van der Waals surface area contributed by atoms with Crippen LogP contribution in [0.2, 0.25) is 0 Å². The van der Waals surface area contributed by atoms with Gasteiger partial charge in [-0.15, -0.1) is 0 Å². The number of carbonyl (C=O) groups excluding carboxylic acids is 1. The third kappa shape index (κ3) is 3.05. The van der Waals surface area contributed by atoms with Gasteiger partial charge in [-0.3, -0.25) is 4.79 Å². The molecule has 1 N–H and O–H groups in total. The highest BCUT2D eigenvalue weighted by Crippen LogP contribution is 2.16. The minimum Gasteiger partial charge on any atom is -0.478 e. The Morgan fingerprint density at radius 1 is 1.45 bits per heavy atom. The number of aromatic carboxylic acids is 1. The summed E-state index contributed by atoms with van der Waals surface area (Å²) in [5, 5.41) is 12.6. The lowest BCUT2D eigenvalue weighted by atomic mass is 10.2. The standard InChI is InChI=1S/C13H14N2O5/c1-8-11(13(17)18)6-10(20-8)7-15(2)12(16)5-9-3-4-19-14-9/h3-4,6H,5,7H2,1-2H3,(H,17,18). The molecule has 0 radical (unpaired) electrons. The SMILES string of the molecule is Cc1oc(CN(C)C(=O)Cc2ccon2)cc1C(=O)O. The smallest absolute Gasteiger partial charge is 0.339 e. The molecule has 0 aromatic carbocycles. The van der Waals surface area contributed by atoms with Gasteiger partial charge in [0.2, 0.25) is 5.91 Å². The minimum atomic E-state index is -1.05. The molecule has 2 heterocycles. The Labute approximate surface area is 114 Å². The number of furan rings is 1. The summed E-state index contributed by atoms with van der Waals surface area (Å²) < 4.78 is 9.98. The second-order valence-electron chi connectivity index (χ2n) is 4.41. The predicted molar refractivity (Wildman–Crippen MR) is 67.1 cm³/mol. The van der Waals surface area contributed by atoms with Crippen LogP contribution in [-0.2, 0) is 17.8 Å². The third-order valence-corrected chi connectivity index (χ3v) is 2.84. The van der Waals surface area contributed by atoms with Crippen molar-refractivity contribution in [1.82, 2.24) is 10.1 Å². The average molecular weight is 278 g/mol. The average Bonchev–Trinajstić information content (AvgIpc) is 2.98. The van der Waals surface area contributed by atoms with E-state index in [4.69, 9.17) is 9.52 Å². The maximum atomic E-state index is 11.9. The van der Waals surface area contributed by atoms with Gasteiger partial charge in [0.1, 0.15) is 23.3 Å². The van der Waals surface area contributed by atoms with Gasteiger partial charge in [0.05, 0.1) is 18.7 Å². The van der Waals surface area contributed by atoms with Crippen LogP contribution < -0.4 is 0 Å². The van der Waals surface area contributed by atoms with Crippen LogP contribution in [0.25, 0.3) is 0 Å². The third-order valence-electron chi connectivity index (χ3n) is 2.84. The molecule has 2 rings (SSSR count). The van der Waals surface area contributed by atoms with Gasteiger partial charge >= 0.3 is 5.97 Å². The highest BCUT2D eigenvalue weighted by atomic mass is 16.5. The van der Waals surface area contributed by atoms with Crippen molar-refractivity contribution in [2.75, 3.05) is 7.05 Å². The summed E-state index contributed by atoms with van der Waals surface area (Å²) in [6.45, 7) is 1.77. The normalized spacial score (nSPS) is 10.5. The molecule has 7 heteroatoms. The zero-order valence-corrected chi connectivity index (χ0v) is 11.1. The lowest BCUT2D eigenvalue weighted by Crippen LogP contribution is -2.27. The quantitative estimate of drug-likeness (QED) is 0.889. The molecule has 1 amide bonds. The largest absolute Gasteiger partial charge is 0.478 e. The first-order chi connectivity index (χ1) is 9.47. The number of carboxylic acids is 1. The van der Waals surface area contributed by atoms with Gasteiger partial charge in [-0.05, 0) is 13.0 Å². The van der Waals surface area contributed by atoms with Crippen molar-refractivity contribution in [2.45, 2.75) is 19.9 Å². The molecule has 0 saturated carbocycles. The predicted octanol–water partition coefficient (Wildman–Crippen LogP) is 1.48. The molecule has 0 aliphatic heterocycles. The number of rotatable bonds is 5. The van der Waals surface area contributed by atoms with Crippen molar-refractivity contribution in [3.63, 3.8) is 0 Å². The van der Waals surface area contributed by atoms with Crippen LogP contribution in [0, 0.1) is 6.92 Å². The topological polar surface area (TPSA) is 96.8 Å². The van der Waals surface area contributed by atoms with Crippen molar-refractivity contribution in [2.24, 2.45) is 0 Å². The maximum Gasteiger partial charge on any atom is 0.339 e. The summed E-state index contributed by atoms with van der Waals surface area (Å²) in [4.78, 5) is 24.3. The number of carboxylic acid groups (broad SMARTS) is 1. The Morgan fingerprint density at radius 2 is 2.20 bits per heavy atom. The van der Waals surface area contributed by atoms with E-state index >= 15 is 0 Å². The summed E-state index contributed by atoms with van der Waals surface area (Å²) in [5.74, 6) is -0.459. The molecule has 0 atom stereocenters. The van der Waals surface area contributed by atoms with Crippen LogP contribution in [0.15, 0.2) is 27.3 Å². The molecule has 0 unspecified atom stereocenters. The van der Waals surface area contributed by atoms with Crippen LogP contribution in [0.3, 0.4) is 0 Å². The monoisotopic (exact) mass is 278 g/mol. The molecule has 0 aliphatic rings. The van der Waals surface area contributed by atoms with E-state index in [2.05, 4.69) is 9.68 Å². The fourth-order valence-corrected chi connectivity index (χ4v) is 1.77. The van der Waals surface area contributed by atoms with E-state index in [0.29, 0.717) is 17.2 Å². The molecule has 7 nitrogen and oxygen atoms in total. The summed E-state index contributed by atoms with van der Waals surface area (Å²) in [7, 11) is 1.61. The summed E-state index contributed by atoms with van der Waals surface area (Å²) in [6.07, 6.45) is 1.52. The number of carbonyl (C=O) groups is 2. The fourth-order valence-electron chi connectivity index (χ4n) is 1.77. The molecule has 2 aromatic heterocycles. The number of hydrogen-bond acceptors (Lipinski definition) is 5. The van der Waals surface area contributed by atoms with E-state index in [1.165, 1.54) is 17.2 Å². The lowest BCUT2D eigenvalue weighted by Gasteiger charge is -2.14. The fraction of sp³-hybridized carbons (Fsp3) is 0.308. The molecule has 0 bridgehead atoms. The van der Waals surface area contributed by atoms with Crippen LogP contribution in [-0.4, -0.2) is 34.1 Å². The molecule has 0 aliphatic carbocycles. The van der Waals surface area contributed by atoms with Crippen LogP contribution in [0.4, 0.5) is 0 Å². The van der Waals surface area contributed by atoms with Gasteiger partial charge in [0.25, 0.3) is 0 Å². The Bertz CT molecular complexity index is 615. The highest BCUT2D eigenvalue weighted by Gasteiger charge is 2.17. The second kappa shape index (κ2) is 5.60. The Morgan fingerprint density at radius 3 is 2.75 bits per heavy atom. The highest BCUT2D eigenvalue weighted by molar-refractivity contribution is 5.88. The van der Waals surface area contributed by atoms with E-state index in [-0.39, 0.29) is 24.4 Å². The second-order valence-corrected chi connectivity index (χ2v) is 4.41. The number of hydrogen-bond donors (Lipinski definition) is 1. The van der Waals surface area contributed by atoms with E-state index in [0.717, 1.165) is 0 Å². The van der Waals surface area contributed by atoms with Gasteiger partial charge in [-0.1, -0.05) is 5.16 Å². The minimum absolute atomic E-state index is 0.109. The van der Waals surface area contributed by atoms with Crippen LogP contribution in [0.5, 0.6) is 0 Å². The molecule has 0 saturated heterocycles. The van der Waals surface area contributed by atoms with Crippen LogP contribution >= 0.6 is 0 Å². The van der Waals surface area contributed by atoms with Gasteiger partial charge < -0.3 is 18.9 Å². The first-order valence-corrected chi connectivity index (χ1v) is 5.93. The van der Waals surface area contributed by atoms with Crippen LogP contribution in [0.1, 0.15) is 27.6 Å². The number of likely N-dealkylation sites (N-methyl/N-ethyl adjacent to an activating group) is 1. The summed E-state index contributed by atoms with van der Waals surface area (Å²) in [5.41, 5.74) is 0.654. The van der Waals surface area contributed by atoms with E-state index in [1.807, 2.05) is 0 Å². The van der Waals surface area contributed by atoms with Crippen molar-refractivity contribution in [1.29, 1.82) is 0 Å². The molecule has 106 valence electrons. The van der Waals surface area contributed by atoms with Crippen molar-refractivity contribution < 1.29 is 23.6 Å². The van der Waals surface area contributed by atoms with E-state index in [9.17, 15) is 9.59 Å². The summed E-state index contributed by atoms with van der Waals surface area (Å²) >= 11 is 0. The van der Waals surface area contributed by atoms with Crippen molar-refractivity contribution >= 4 is 11.9 Å². The molecular formula is C13H14N2O5. The van der Waals surface area contributed by atoms with Crippen molar-refractivity contribution in [3.05, 3.63) is 41.2 Å². The molecule has 0 fully saturated rings. The van der Waals surface area contributed by atoms with Gasteiger partial charge in [0.15, 0.2) is 0 Å². The van der Waals surface area contributed by atoms with Crippen molar-refractivity contribution in [3.8, 4) is 0 Å². The Hall–Kier alpha value is -2.57. The zero-order chi connectivity index (χ0) is 14.7. The van der Waals surface area contributed by atoms with E-state index < -0.39 is 5.97 Å². The van der Waals surface area contributed by atoms with E-state index in [1.54, 1.807) is 20.0 Å². The molecule has 20 heavy (non-hydrogen) atoms. The van der Waals surface area contributed by atoms with Gasteiger partial charge in [0, 0.05) is 13.1 Å². The Balaban J connectivity index is 2.00. The number of aromatic nitrogens is 1. The number of nitrogens with zero attached hydrogens (tertiary/aromatic N) is 2. The number of amides is 1. The summed E-state index contributed by atoms with van der Waals surface area (Å²) in [6, 6.07) is 3.04. The lowest BCUT2D eigenvalue weighted by molar-refractivity contribution is -0.130. The van der Waals surface area contributed by atoms with Gasteiger partial charge in [-0.2, -0.15) is 0 Å². The Kier molecular flexibility index (Phi) is 3.88. The first kappa shape index (κ1) is 13.9. The zero-order valence-electron chi connectivity index (χ0n) is 11.1.